The van der Waals surface area contributed by atoms with Crippen LogP contribution in [0.25, 0.3) is 0 Å². The first-order valence-electron chi connectivity index (χ1n) is 15.6. The van der Waals surface area contributed by atoms with Gasteiger partial charge >= 0.3 is 6.09 Å². The first-order valence-corrected chi connectivity index (χ1v) is 16.9. The van der Waals surface area contributed by atoms with Crippen LogP contribution in [0, 0.1) is 28.6 Å². The second-order valence-electron chi connectivity index (χ2n) is 14.7. The number of carbonyl (C=O) groups excluding carboxylic acids is 3. The molecule has 240 valence electrons. The van der Waals surface area contributed by atoms with Gasteiger partial charge in [0.2, 0.25) is 4.38 Å². The van der Waals surface area contributed by atoms with Crippen molar-refractivity contribution in [3.8, 4) is 0 Å². The van der Waals surface area contributed by atoms with E-state index in [2.05, 4.69) is 0 Å². The summed E-state index contributed by atoms with van der Waals surface area (Å²) in [5.74, 6) is -1.45. The number of amides is 1. The number of fused-ring (bicyclic) bond motifs is 5. The Kier molecular flexibility index (Phi) is 8.44. The molecule has 43 heavy (non-hydrogen) atoms. The maximum atomic E-state index is 17.4. The van der Waals surface area contributed by atoms with Gasteiger partial charge in [-0.3, -0.25) is 14.5 Å². The molecule has 0 aromatic rings. The third-order valence-electron chi connectivity index (χ3n) is 11.4. The lowest BCUT2D eigenvalue weighted by Gasteiger charge is -2.63. The van der Waals surface area contributed by atoms with E-state index >= 15 is 4.39 Å². The van der Waals surface area contributed by atoms with Crippen molar-refractivity contribution in [3.63, 3.8) is 0 Å². The summed E-state index contributed by atoms with van der Waals surface area (Å²) in [5, 5.41) is 23.3. The van der Waals surface area contributed by atoms with Gasteiger partial charge in [0, 0.05) is 42.1 Å². The highest BCUT2D eigenvalue weighted by Gasteiger charge is 2.74. The normalized spacial score (nSPS) is 42.2. The second kappa shape index (κ2) is 11.1. The number of alkyl halides is 1. The molecule has 4 fully saturated rings. The molecule has 4 aliphatic carbocycles. The molecule has 8 nitrogen and oxygen atoms in total. The number of thioether (sulfide) groups is 1. The van der Waals surface area contributed by atoms with Crippen molar-refractivity contribution in [3.05, 3.63) is 11.6 Å². The van der Waals surface area contributed by atoms with Crippen LogP contribution in [0.2, 0.25) is 0 Å². The highest BCUT2D eigenvalue weighted by Crippen LogP contribution is 2.70. The number of carbonyl (C=O) groups is 3. The Hall–Kier alpha value is -1.56. The fourth-order valence-corrected chi connectivity index (χ4v) is 10.5. The van der Waals surface area contributed by atoms with Crippen LogP contribution in [0.3, 0.4) is 0 Å². The largest absolute Gasteiger partial charge is 0.479 e. The Morgan fingerprint density at radius 2 is 1.88 bits per heavy atom. The van der Waals surface area contributed by atoms with E-state index in [1.54, 1.807) is 26.8 Å². The number of allylic oxidation sites excluding steroid dienone is 1. The molecule has 1 saturated heterocycles. The molecule has 5 aliphatic rings. The highest BCUT2D eigenvalue weighted by molar-refractivity contribution is 8.23. The van der Waals surface area contributed by atoms with Crippen LogP contribution in [0.1, 0.15) is 92.9 Å². The second-order valence-corrected chi connectivity index (χ2v) is 16.5. The summed E-state index contributed by atoms with van der Waals surface area (Å²) in [6.45, 7) is 11.5. The van der Waals surface area contributed by atoms with Gasteiger partial charge in [0.05, 0.1) is 18.1 Å². The van der Waals surface area contributed by atoms with Gasteiger partial charge in [0.1, 0.15) is 16.9 Å². The fraction of sp³-hybridized carbons (Fsp3) is 0.812. The summed E-state index contributed by atoms with van der Waals surface area (Å²) in [4.78, 5) is 40.7. The molecule has 0 radical (unpaired) electrons. The minimum atomic E-state index is -1.94. The first kappa shape index (κ1) is 32.8. The number of ketones is 2. The van der Waals surface area contributed by atoms with E-state index < -0.39 is 51.2 Å². The van der Waals surface area contributed by atoms with Crippen LogP contribution in [-0.4, -0.2) is 78.7 Å². The molecular weight excluding hydrogens is 593 g/mol. The van der Waals surface area contributed by atoms with Crippen molar-refractivity contribution in [2.75, 3.05) is 13.2 Å². The molecule has 5 rings (SSSR count). The van der Waals surface area contributed by atoms with Crippen molar-refractivity contribution in [1.82, 2.24) is 4.90 Å². The van der Waals surface area contributed by atoms with Crippen LogP contribution in [0.4, 0.5) is 9.18 Å². The molecule has 9 atom stereocenters. The van der Waals surface area contributed by atoms with E-state index in [-0.39, 0.29) is 60.0 Å². The zero-order valence-electron chi connectivity index (χ0n) is 26.1. The summed E-state index contributed by atoms with van der Waals surface area (Å²) in [5.41, 5.74) is -5.54. The molecule has 0 aromatic carbocycles. The minimum absolute atomic E-state index is 0.00483. The van der Waals surface area contributed by atoms with Crippen molar-refractivity contribution in [2.24, 2.45) is 28.6 Å². The van der Waals surface area contributed by atoms with Crippen LogP contribution >= 0.6 is 24.0 Å². The highest BCUT2D eigenvalue weighted by atomic mass is 32.2. The molecule has 0 spiro atoms. The van der Waals surface area contributed by atoms with Crippen molar-refractivity contribution >= 4 is 46.0 Å². The maximum absolute atomic E-state index is 17.4. The molecular formula is C32H46FNO7S2. The number of rotatable bonds is 5. The lowest BCUT2D eigenvalue weighted by molar-refractivity contribution is -0.226. The van der Waals surface area contributed by atoms with Crippen molar-refractivity contribution in [2.45, 2.75) is 121 Å². The molecule has 1 unspecified atom stereocenters. The number of hydrogen-bond acceptors (Lipinski definition) is 9. The molecule has 1 amide bonds. The third kappa shape index (κ3) is 5.08. The zero-order chi connectivity index (χ0) is 31.8. The molecule has 2 N–H and O–H groups in total. The van der Waals surface area contributed by atoms with Gasteiger partial charge in [-0.05, 0) is 90.4 Å². The predicted octanol–water partition coefficient (Wildman–Crippen LogP) is 5.52. The Labute approximate surface area is 263 Å². The zero-order valence-corrected chi connectivity index (χ0v) is 27.7. The van der Waals surface area contributed by atoms with Gasteiger partial charge in [0.25, 0.3) is 0 Å². The first-order chi connectivity index (χ1) is 19.9. The Bertz CT molecular complexity index is 1240. The van der Waals surface area contributed by atoms with Crippen LogP contribution in [0.5, 0.6) is 0 Å². The lowest BCUT2D eigenvalue weighted by Crippen LogP contribution is -2.69. The minimum Gasteiger partial charge on any atom is -0.479 e. The molecule has 1 heterocycles. The average Bonchev–Trinajstić information content (AvgIpc) is 3.16. The number of Topliss-reactive ketones (excluding diaryl/α,β-unsaturated/α-hetero) is 1. The van der Waals surface area contributed by atoms with Crippen molar-refractivity contribution < 1.29 is 38.5 Å². The average molecular weight is 640 g/mol. The lowest BCUT2D eigenvalue weighted by atomic mass is 9.43. The van der Waals surface area contributed by atoms with Gasteiger partial charge < -0.3 is 19.7 Å². The van der Waals surface area contributed by atoms with Gasteiger partial charge in [-0.2, -0.15) is 0 Å². The monoisotopic (exact) mass is 639 g/mol. The third-order valence-corrected chi connectivity index (χ3v) is 12.9. The van der Waals surface area contributed by atoms with Crippen molar-refractivity contribution in [1.29, 1.82) is 0 Å². The van der Waals surface area contributed by atoms with Crippen LogP contribution in [-0.2, 0) is 19.1 Å². The van der Waals surface area contributed by atoms with Crippen LogP contribution in [0.15, 0.2) is 11.6 Å². The quantitative estimate of drug-likeness (QED) is 0.376. The van der Waals surface area contributed by atoms with E-state index in [1.165, 1.54) is 16.7 Å². The summed E-state index contributed by atoms with van der Waals surface area (Å²) < 4.78 is 28.7. The summed E-state index contributed by atoms with van der Waals surface area (Å²) in [6.07, 6.45) is 2.01. The number of nitrogens with zero attached hydrogens (tertiary/aromatic N) is 1. The van der Waals surface area contributed by atoms with E-state index in [0.29, 0.717) is 32.3 Å². The Balaban J connectivity index is 1.36. The number of hydrogen-bond donors (Lipinski definition) is 2. The topological polar surface area (TPSA) is 113 Å². The Morgan fingerprint density at radius 3 is 2.53 bits per heavy atom. The summed E-state index contributed by atoms with van der Waals surface area (Å²) >= 11 is 6.54. The summed E-state index contributed by atoms with van der Waals surface area (Å²) in [6, 6.07) is 0. The SMILES string of the molecule is CCOC(=S)S[C@@H]1[C@@H](CC(=O)[C@@]2(O)CCC3[C@@H]4CCC5=CC(=O)CC[C@]5(C)[C@@]4(F)[C@@H](O)C[C@@]32C)CN1C(=O)OC(C)(C)C. The van der Waals surface area contributed by atoms with Gasteiger partial charge in [-0.1, -0.05) is 31.2 Å². The molecule has 3 saturated carbocycles. The molecule has 0 aromatic heterocycles. The standard InChI is InChI=1S/C32H46FNO7S2/c1-7-40-27(42)43-25-18(17-34(25)26(38)41-28(2,3)4)14-23(36)31(39)13-11-21-22-9-8-19-15-20(35)10-12-29(19,5)32(22,33)24(37)16-30(21,31)6/h15,18,21-22,24-25,37,39H,7-14,16-17H2,1-6H3/t18-,21?,22-,24-,25+,29-,30-,31-,32-/m0/s1. The number of halogens is 1. The number of thiocarbonyl (C=S) groups is 1. The number of aliphatic hydroxyl groups is 2. The van der Waals surface area contributed by atoms with E-state index in [4.69, 9.17) is 21.7 Å². The predicted molar refractivity (Wildman–Crippen MR) is 165 cm³/mol. The van der Waals surface area contributed by atoms with E-state index in [9.17, 15) is 24.6 Å². The fourth-order valence-electron chi connectivity index (χ4n) is 9.08. The smallest absolute Gasteiger partial charge is 0.411 e. The van der Waals surface area contributed by atoms with Crippen LogP contribution < -0.4 is 0 Å². The molecule has 0 bridgehead atoms. The number of ether oxygens (including phenoxy) is 2. The van der Waals surface area contributed by atoms with E-state index in [0.717, 1.165) is 5.57 Å². The maximum Gasteiger partial charge on any atom is 0.411 e. The van der Waals surface area contributed by atoms with Gasteiger partial charge in [0.15, 0.2) is 11.6 Å². The number of likely N-dealkylation sites (tertiary alicyclic amines) is 1. The summed E-state index contributed by atoms with van der Waals surface area (Å²) in [7, 11) is 0. The van der Waals surface area contributed by atoms with Gasteiger partial charge in [-0.25, -0.2) is 9.18 Å². The van der Waals surface area contributed by atoms with Gasteiger partial charge in [-0.15, -0.1) is 0 Å². The molecule has 11 heteroatoms. The van der Waals surface area contributed by atoms with E-state index in [1.807, 2.05) is 20.8 Å². The molecule has 1 aliphatic heterocycles. The Morgan fingerprint density at radius 1 is 1.19 bits per heavy atom. The number of aliphatic hydroxyl groups excluding tert-OH is 1.